The summed E-state index contributed by atoms with van der Waals surface area (Å²) in [5, 5.41) is 13.3. The van der Waals surface area contributed by atoms with E-state index in [1.54, 1.807) is 11.3 Å². The van der Waals surface area contributed by atoms with Gasteiger partial charge in [0.1, 0.15) is 0 Å². The van der Waals surface area contributed by atoms with Crippen molar-refractivity contribution in [1.29, 1.82) is 0 Å². The van der Waals surface area contributed by atoms with Crippen LogP contribution in [0.5, 0.6) is 0 Å². The van der Waals surface area contributed by atoms with Gasteiger partial charge in [0.15, 0.2) is 0 Å². The third-order valence-corrected chi connectivity index (χ3v) is 6.47. The van der Waals surface area contributed by atoms with Crippen LogP contribution in [0.25, 0.3) is 0 Å². The van der Waals surface area contributed by atoms with E-state index in [0.29, 0.717) is 26.1 Å². The van der Waals surface area contributed by atoms with E-state index in [2.05, 4.69) is 9.88 Å². The average molecular weight is 368 g/mol. The molecule has 0 unspecified atom stereocenters. The van der Waals surface area contributed by atoms with Crippen LogP contribution < -0.4 is 0 Å². The lowest BCUT2D eigenvalue weighted by molar-refractivity contribution is -0.212. The van der Waals surface area contributed by atoms with Crippen molar-refractivity contribution < 1.29 is 14.6 Å². The highest BCUT2D eigenvalue weighted by Crippen LogP contribution is 2.51. The number of aliphatic hydroxyl groups is 1. The van der Waals surface area contributed by atoms with Gasteiger partial charge in [-0.25, -0.2) is 4.98 Å². The highest BCUT2D eigenvalue weighted by atomic mass is 32.1. The van der Waals surface area contributed by atoms with Crippen LogP contribution in [0.15, 0.2) is 5.38 Å². The molecule has 0 bridgehead atoms. The van der Waals surface area contributed by atoms with Gasteiger partial charge in [-0.05, 0) is 33.9 Å². The number of carbonyl (C=O) groups is 1. The predicted molar refractivity (Wildman–Crippen MR) is 97.7 cm³/mol. The standard InChI is InChI=1S/C18H29N3O3S/c1-13-19-14(12-25-13)10-17(23)21-6-4-18(5-7-21)15(22)11-16(18)24-9-8-20(2)3/h12,15-16,22H,4-11H2,1-3H3/t15-,16+/m1/s1. The third-order valence-electron chi connectivity index (χ3n) is 5.65. The molecule has 1 spiro atoms. The van der Waals surface area contributed by atoms with Crippen LogP contribution in [0.3, 0.4) is 0 Å². The first-order valence-corrected chi connectivity index (χ1v) is 9.92. The van der Waals surface area contributed by atoms with Crippen LogP contribution in [0, 0.1) is 12.3 Å². The average Bonchev–Trinajstić information content (AvgIpc) is 2.98. The number of thiazole rings is 1. The van der Waals surface area contributed by atoms with Crippen molar-refractivity contribution in [2.24, 2.45) is 5.41 Å². The lowest BCUT2D eigenvalue weighted by Gasteiger charge is -2.56. The van der Waals surface area contributed by atoms with Gasteiger partial charge >= 0.3 is 0 Å². The van der Waals surface area contributed by atoms with Crippen LogP contribution in [0.2, 0.25) is 0 Å². The van der Waals surface area contributed by atoms with E-state index in [1.165, 1.54) is 0 Å². The van der Waals surface area contributed by atoms with Crippen molar-refractivity contribution in [1.82, 2.24) is 14.8 Å². The number of likely N-dealkylation sites (N-methyl/N-ethyl adjacent to an activating group) is 1. The number of aromatic nitrogens is 1. The van der Waals surface area contributed by atoms with Crippen LogP contribution in [0.4, 0.5) is 0 Å². The zero-order valence-corrected chi connectivity index (χ0v) is 16.2. The second-order valence-electron chi connectivity index (χ2n) is 7.56. The molecule has 2 aliphatic rings. The maximum Gasteiger partial charge on any atom is 0.228 e. The second kappa shape index (κ2) is 7.70. The number of rotatable bonds is 6. The summed E-state index contributed by atoms with van der Waals surface area (Å²) in [6.45, 7) is 4.94. The summed E-state index contributed by atoms with van der Waals surface area (Å²) in [6.07, 6.45) is 2.57. The zero-order valence-electron chi connectivity index (χ0n) is 15.4. The van der Waals surface area contributed by atoms with E-state index in [0.717, 1.165) is 36.5 Å². The quantitative estimate of drug-likeness (QED) is 0.821. The Hall–Kier alpha value is -1.02. The number of nitrogens with zero attached hydrogens (tertiary/aromatic N) is 3. The molecule has 2 fully saturated rings. The molecule has 2 atom stereocenters. The lowest BCUT2D eigenvalue weighted by Crippen LogP contribution is -2.63. The van der Waals surface area contributed by atoms with Crippen LogP contribution in [0.1, 0.15) is 30.0 Å². The number of amides is 1. The number of piperidine rings is 1. The number of aryl methyl sites for hydroxylation is 1. The van der Waals surface area contributed by atoms with Crippen molar-refractivity contribution in [2.75, 3.05) is 40.3 Å². The summed E-state index contributed by atoms with van der Waals surface area (Å²) in [5.41, 5.74) is 0.710. The molecule has 2 heterocycles. The van der Waals surface area contributed by atoms with Gasteiger partial charge in [-0.1, -0.05) is 0 Å². The first-order chi connectivity index (χ1) is 11.9. The van der Waals surface area contributed by atoms with E-state index in [-0.39, 0.29) is 23.5 Å². The Morgan fingerprint density at radius 2 is 2.20 bits per heavy atom. The molecule has 1 aromatic heterocycles. The zero-order chi connectivity index (χ0) is 18.0. The fourth-order valence-corrected chi connectivity index (χ4v) is 4.53. The van der Waals surface area contributed by atoms with Crippen LogP contribution in [-0.4, -0.2) is 78.3 Å². The van der Waals surface area contributed by atoms with Gasteiger partial charge in [0.2, 0.25) is 5.91 Å². The Kier molecular flexibility index (Phi) is 5.78. The van der Waals surface area contributed by atoms with E-state index in [1.807, 2.05) is 31.3 Å². The Balaban J connectivity index is 1.50. The molecular weight excluding hydrogens is 338 g/mol. The van der Waals surface area contributed by atoms with E-state index in [9.17, 15) is 9.90 Å². The highest BCUT2D eigenvalue weighted by Gasteiger charge is 2.56. The summed E-state index contributed by atoms with van der Waals surface area (Å²) in [6, 6.07) is 0. The normalized spacial score (nSPS) is 25.4. The molecule has 7 heteroatoms. The Morgan fingerprint density at radius 3 is 2.76 bits per heavy atom. The molecule has 1 aliphatic heterocycles. The van der Waals surface area contributed by atoms with Crippen LogP contribution >= 0.6 is 11.3 Å². The lowest BCUT2D eigenvalue weighted by atomic mass is 9.58. The molecule has 1 N–H and O–H groups in total. The molecule has 1 saturated carbocycles. The molecule has 25 heavy (non-hydrogen) atoms. The summed E-state index contributed by atoms with van der Waals surface area (Å²) < 4.78 is 6.03. The fourth-order valence-electron chi connectivity index (χ4n) is 3.92. The number of likely N-dealkylation sites (tertiary alicyclic amines) is 1. The van der Waals surface area contributed by atoms with Gasteiger partial charge < -0.3 is 19.6 Å². The minimum Gasteiger partial charge on any atom is -0.392 e. The van der Waals surface area contributed by atoms with Gasteiger partial charge in [-0.15, -0.1) is 11.3 Å². The van der Waals surface area contributed by atoms with Gasteiger partial charge in [0.25, 0.3) is 0 Å². The SMILES string of the molecule is Cc1nc(CC(=O)N2CCC3(CC2)[C@H](O)C[C@@H]3OCCN(C)C)cs1. The molecule has 0 aromatic carbocycles. The first-order valence-electron chi connectivity index (χ1n) is 9.04. The van der Waals surface area contributed by atoms with Crippen molar-refractivity contribution in [3.05, 3.63) is 16.1 Å². The summed E-state index contributed by atoms with van der Waals surface area (Å²) in [5.74, 6) is 0.138. The molecule has 1 aromatic rings. The molecule has 1 saturated heterocycles. The summed E-state index contributed by atoms with van der Waals surface area (Å²) in [4.78, 5) is 20.9. The van der Waals surface area contributed by atoms with E-state index in [4.69, 9.17) is 4.74 Å². The third kappa shape index (κ3) is 4.05. The van der Waals surface area contributed by atoms with Gasteiger partial charge in [0, 0.05) is 36.9 Å². The number of ether oxygens (including phenoxy) is 1. The highest BCUT2D eigenvalue weighted by molar-refractivity contribution is 7.09. The maximum absolute atomic E-state index is 12.5. The monoisotopic (exact) mass is 367 g/mol. The number of hydrogen-bond acceptors (Lipinski definition) is 6. The van der Waals surface area contributed by atoms with Crippen molar-refractivity contribution in [2.45, 2.75) is 44.8 Å². The Labute approximate surface area is 153 Å². The van der Waals surface area contributed by atoms with E-state index < -0.39 is 0 Å². The molecule has 0 radical (unpaired) electrons. The molecule has 1 aliphatic carbocycles. The number of carbonyl (C=O) groups excluding carboxylic acids is 1. The first kappa shape index (κ1) is 18.8. The summed E-state index contributed by atoms with van der Waals surface area (Å²) in [7, 11) is 4.06. The van der Waals surface area contributed by atoms with Gasteiger partial charge in [-0.2, -0.15) is 0 Å². The van der Waals surface area contributed by atoms with Gasteiger partial charge in [-0.3, -0.25) is 4.79 Å². The number of hydrogen-bond donors (Lipinski definition) is 1. The number of aliphatic hydroxyl groups excluding tert-OH is 1. The largest absolute Gasteiger partial charge is 0.392 e. The maximum atomic E-state index is 12.5. The summed E-state index contributed by atoms with van der Waals surface area (Å²) >= 11 is 1.58. The molecule has 140 valence electrons. The molecule has 3 rings (SSSR count). The van der Waals surface area contributed by atoms with Crippen molar-refractivity contribution in [3.63, 3.8) is 0 Å². The topological polar surface area (TPSA) is 65.9 Å². The van der Waals surface area contributed by atoms with Crippen molar-refractivity contribution in [3.8, 4) is 0 Å². The molecular formula is C18H29N3O3S. The minimum atomic E-state index is -0.296. The fraction of sp³-hybridized carbons (Fsp3) is 0.778. The second-order valence-corrected chi connectivity index (χ2v) is 8.63. The van der Waals surface area contributed by atoms with Gasteiger partial charge in [0.05, 0.1) is 35.9 Å². The Morgan fingerprint density at radius 1 is 1.48 bits per heavy atom. The molecule has 1 amide bonds. The Bertz CT molecular complexity index is 596. The molecule has 6 nitrogen and oxygen atoms in total. The predicted octanol–water partition coefficient (Wildman–Crippen LogP) is 1.31. The van der Waals surface area contributed by atoms with E-state index >= 15 is 0 Å². The smallest absolute Gasteiger partial charge is 0.228 e. The van der Waals surface area contributed by atoms with Crippen LogP contribution in [-0.2, 0) is 16.0 Å². The van der Waals surface area contributed by atoms with Crippen molar-refractivity contribution >= 4 is 17.2 Å². The minimum absolute atomic E-state index is 0.126.